The van der Waals surface area contributed by atoms with Gasteiger partial charge in [0.05, 0.1) is 25.4 Å². The number of cyclic esters (lactones) is 1. The molecule has 5 nitrogen and oxygen atoms in total. The van der Waals surface area contributed by atoms with E-state index in [0.29, 0.717) is 31.0 Å². The third-order valence-corrected chi connectivity index (χ3v) is 3.86. The van der Waals surface area contributed by atoms with E-state index in [1.165, 1.54) is 0 Å². The number of ether oxygens (including phenoxy) is 4. The Labute approximate surface area is 136 Å². The van der Waals surface area contributed by atoms with Crippen LogP contribution in [0.5, 0.6) is 0 Å². The molecule has 0 bridgehead atoms. The van der Waals surface area contributed by atoms with Gasteiger partial charge < -0.3 is 18.9 Å². The van der Waals surface area contributed by atoms with Gasteiger partial charge in [0.1, 0.15) is 11.3 Å². The maximum absolute atomic E-state index is 12.1. The zero-order valence-corrected chi connectivity index (χ0v) is 13.7. The van der Waals surface area contributed by atoms with E-state index in [1.807, 2.05) is 37.3 Å². The maximum Gasteiger partial charge on any atom is 0.343 e. The summed E-state index contributed by atoms with van der Waals surface area (Å²) in [5.74, 6) is -0.617. The van der Waals surface area contributed by atoms with Crippen molar-refractivity contribution < 1.29 is 23.7 Å². The van der Waals surface area contributed by atoms with Gasteiger partial charge in [0.25, 0.3) is 0 Å². The minimum atomic E-state index is -0.928. The minimum absolute atomic E-state index is 0.130. The SMILES string of the molecule is C[C@@H]1O[C@H](COCc2ccccc2)CC2=C1C(=O)OC(C)(C)O2. The number of hydrogen-bond acceptors (Lipinski definition) is 5. The van der Waals surface area contributed by atoms with Crippen LogP contribution >= 0.6 is 0 Å². The van der Waals surface area contributed by atoms with Gasteiger partial charge >= 0.3 is 5.97 Å². The summed E-state index contributed by atoms with van der Waals surface area (Å²) in [6, 6.07) is 9.99. The molecule has 2 aliphatic heterocycles. The molecule has 0 aromatic heterocycles. The molecule has 1 aromatic rings. The average molecular weight is 318 g/mol. The van der Waals surface area contributed by atoms with E-state index < -0.39 is 5.79 Å². The Kier molecular flexibility index (Phi) is 4.41. The van der Waals surface area contributed by atoms with Gasteiger partial charge in [-0.05, 0) is 12.5 Å². The molecule has 3 rings (SSSR count). The molecule has 2 aliphatic rings. The summed E-state index contributed by atoms with van der Waals surface area (Å²) in [6.07, 6.45) is 0.0364. The van der Waals surface area contributed by atoms with E-state index in [1.54, 1.807) is 13.8 Å². The third kappa shape index (κ3) is 3.74. The maximum atomic E-state index is 12.1. The van der Waals surface area contributed by atoms with Crippen LogP contribution in [-0.4, -0.2) is 30.6 Å². The Morgan fingerprint density at radius 2 is 1.96 bits per heavy atom. The fourth-order valence-corrected chi connectivity index (χ4v) is 2.90. The molecule has 0 fully saturated rings. The molecular formula is C18H22O5. The fraction of sp³-hybridized carbons (Fsp3) is 0.500. The van der Waals surface area contributed by atoms with Crippen molar-refractivity contribution in [1.29, 1.82) is 0 Å². The van der Waals surface area contributed by atoms with Crippen molar-refractivity contribution >= 4 is 5.97 Å². The number of esters is 1. The van der Waals surface area contributed by atoms with E-state index in [0.717, 1.165) is 5.56 Å². The standard InChI is InChI=1S/C18H22O5/c1-12-16-15(22-18(2,3)23-17(16)19)9-14(21-12)11-20-10-13-7-5-4-6-8-13/h4-8,12,14H,9-11H2,1-3H3/t12-,14-/m0/s1. The monoisotopic (exact) mass is 318 g/mol. The lowest BCUT2D eigenvalue weighted by Gasteiger charge is -2.39. The van der Waals surface area contributed by atoms with Gasteiger partial charge in [-0.15, -0.1) is 0 Å². The molecule has 0 aliphatic carbocycles. The van der Waals surface area contributed by atoms with Crippen LogP contribution in [0, 0.1) is 0 Å². The van der Waals surface area contributed by atoms with Crippen molar-refractivity contribution in [3.05, 3.63) is 47.2 Å². The molecular weight excluding hydrogens is 296 g/mol. The van der Waals surface area contributed by atoms with Gasteiger partial charge in [0, 0.05) is 20.3 Å². The highest BCUT2D eigenvalue weighted by atomic mass is 16.7. The number of carbonyl (C=O) groups excluding carboxylic acids is 1. The van der Waals surface area contributed by atoms with Crippen LogP contribution in [0.3, 0.4) is 0 Å². The van der Waals surface area contributed by atoms with Crippen LogP contribution in [0.1, 0.15) is 32.8 Å². The summed E-state index contributed by atoms with van der Waals surface area (Å²) < 4.78 is 22.7. The predicted octanol–water partition coefficient (Wildman–Crippen LogP) is 2.94. The van der Waals surface area contributed by atoms with Crippen molar-refractivity contribution in [2.24, 2.45) is 0 Å². The summed E-state index contributed by atoms with van der Waals surface area (Å²) >= 11 is 0. The molecule has 0 saturated heterocycles. The van der Waals surface area contributed by atoms with Crippen LogP contribution in [-0.2, 0) is 30.3 Å². The average Bonchev–Trinajstić information content (AvgIpc) is 2.46. The van der Waals surface area contributed by atoms with Crippen molar-refractivity contribution in [1.82, 2.24) is 0 Å². The second-order valence-electron chi connectivity index (χ2n) is 6.33. The summed E-state index contributed by atoms with van der Waals surface area (Å²) in [4.78, 5) is 12.1. The lowest BCUT2D eigenvalue weighted by Crippen LogP contribution is -2.44. The molecule has 0 spiro atoms. The van der Waals surface area contributed by atoms with Crippen LogP contribution in [0.4, 0.5) is 0 Å². The summed E-state index contributed by atoms with van der Waals surface area (Å²) in [5.41, 5.74) is 1.61. The molecule has 2 heterocycles. The van der Waals surface area contributed by atoms with Crippen molar-refractivity contribution in [3.8, 4) is 0 Å². The first-order chi connectivity index (χ1) is 10.9. The molecule has 2 atom stereocenters. The lowest BCUT2D eigenvalue weighted by atomic mass is 10.0. The Balaban J connectivity index is 1.61. The lowest BCUT2D eigenvalue weighted by molar-refractivity contribution is -0.218. The van der Waals surface area contributed by atoms with Gasteiger partial charge in [-0.25, -0.2) is 4.79 Å². The van der Waals surface area contributed by atoms with E-state index in [2.05, 4.69) is 0 Å². The Hall–Kier alpha value is -1.85. The van der Waals surface area contributed by atoms with E-state index in [-0.39, 0.29) is 18.2 Å². The minimum Gasteiger partial charge on any atom is -0.456 e. The summed E-state index contributed by atoms with van der Waals surface area (Å²) in [7, 11) is 0. The molecule has 124 valence electrons. The van der Waals surface area contributed by atoms with E-state index >= 15 is 0 Å². The second-order valence-corrected chi connectivity index (χ2v) is 6.33. The molecule has 5 heteroatoms. The highest BCUT2D eigenvalue weighted by Crippen LogP contribution is 2.35. The fourth-order valence-electron chi connectivity index (χ4n) is 2.90. The molecule has 0 unspecified atom stereocenters. The van der Waals surface area contributed by atoms with Crippen LogP contribution in [0.25, 0.3) is 0 Å². The number of benzene rings is 1. The van der Waals surface area contributed by atoms with E-state index in [9.17, 15) is 4.79 Å². The number of hydrogen-bond donors (Lipinski definition) is 0. The largest absolute Gasteiger partial charge is 0.456 e. The van der Waals surface area contributed by atoms with Gasteiger partial charge in [0.2, 0.25) is 5.79 Å². The Morgan fingerprint density at radius 1 is 1.22 bits per heavy atom. The summed E-state index contributed by atoms with van der Waals surface area (Å²) in [5, 5.41) is 0. The van der Waals surface area contributed by atoms with Crippen molar-refractivity contribution in [2.75, 3.05) is 6.61 Å². The zero-order valence-electron chi connectivity index (χ0n) is 13.7. The number of rotatable bonds is 4. The second kappa shape index (κ2) is 6.34. The normalized spacial score (nSPS) is 26.3. The zero-order chi connectivity index (χ0) is 16.4. The molecule has 0 saturated carbocycles. The van der Waals surface area contributed by atoms with E-state index in [4.69, 9.17) is 18.9 Å². The number of carbonyl (C=O) groups is 1. The quantitative estimate of drug-likeness (QED) is 0.799. The molecule has 1 aromatic carbocycles. The predicted molar refractivity (Wildman–Crippen MR) is 83.3 cm³/mol. The van der Waals surface area contributed by atoms with Crippen molar-refractivity contribution in [2.45, 2.75) is 51.8 Å². The van der Waals surface area contributed by atoms with Crippen LogP contribution in [0.15, 0.2) is 41.7 Å². The molecule has 0 amide bonds. The first-order valence-electron chi connectivity index (χ1n) is 7.87. The highest BCUT2D eigenvalue weighted by molar-refractivity contribution is 5.91. The van der Waals surface area contributed by atoms with Crippen LogP contribution in [0.2, 0.25) is 0 Å². The van der Waals surface area contributed by atoms with Crippen molar-refractivity contribution in [3.63, 3.8) is 0 Å². The first kappa shape index (κ1) is 16.0. The van der Waals surface area contributed by atoms with Gasteiger partial charge in [-0.3, -0.25) is 0 Å². The van der Waals surface area contributed by atoms with Gasteiger partial charge in [-0.1, -0.05) is 30.3 Å². The Morgan fingerprint density at radius 3 is 2.70 bits per heavy atom. The van der Waals surface area contributed by atoms with Gasteiger partial charge in [0.15, 0.2) is 0 Å². The van der Waals surface area contributed by atoms with Gasteiger partial charge in [-0.2, -0.15) is 0 Å². The Bertz CT molecular complexity index is 605. The molecule has 23 heavy (non-hydrogen) atoms. The highest BCUT2D eigenvalue weighted by Gasteiger charge is 2.42. The smallest absolute Gasteiger partial charge is 0.343 e. The summed E-state index contributed by atoms with van der Waals surface area (Å²) in [6.45, 7) is 6.29. The first-order valence-corrected chi connectivity index (χ1v) is 7.87. The molecule has 0 radical (unpaired) electrons. The third-order valence-electron chi connectivity index (χ3n) is 3.86. The molecule has 0 N–H and O–H groups in total. The topological polar surface area (TPSA) is 54.0 Å². The van der Waals surface area contributed by atoms with Crippen LogP contribution < -0.4 is 0 Å².